The molecular formula is C18H24N4O2. The first kappa shape index (κ1) is 16.5. The number of hydrogen-bond acceptors (Lipinski definition) is 4. The van der Waals surface area contributed by atoms with Crippen molar-refractivity contribution < 1.29 is 9.32 Å². The molecule has 2 amide bonds. The predicted molar refractivity (Wildman–Crippen MR) is 91.6 cm³/mol. The monoisotopic (exact) mass is 328 g/mol. The minimum absolute atomic E-state index is 0.0588. The summed E-state index contributed by atoms with van der Waals surface area (Å²) in [6.07, 6.45) is 6.20. The number of hydrogen-bond donors (Lipinski definition) is 2. The standard InChI is InChI=1S/C18H24N4O2/c1-2-16-21-17(24-22-16)14-9-7-13(8-10-14)11-12-19-18(23)20-15-5-3-4-6-15/h7-10,15H,2-6,11-12H2,1H3,(H2,19,20,23). The molecule has 0 atom stereocenters. The molecule has 6 nitrogen and oxygen atoms in total. The molecule has 0 aliphatic heterocycles. The highest BCUT2D eigenvalue weighted by Crippen LogP contribution is 2.18. The normalized spacial score (nSPS) is 14.7. The number of carbonyl (C=O) groups is 1. The quantitative estimate of drug-likeness (QED) is 0.854. The van der Waals surface area contributed by atoms with Crippen LogP contribution in [0, 0.1) is 0 Å². The van der Waals surface area contributed by atoms with E-state index in [-0.39, 0.29) is 6.03 Å². The Hall–Kier alpha value is -2.37. The molecule has 128 valence electrons. The molecule has 2 aromatic rings. The fourth-order valence-corrected chi connectivity index (χ4v) is 2.96. The summed E-state index contributed by atoms with van der Waals surface area (Å²) in [5, 5.41) is 9.85. The lowest BCUT2D eigenvalue weighted by Crippen LogP contribution is -2.41. The Morgan fingerprint density at radius 3 is 2.67 bits per heavy atom. The highest BCUT2D eigenvalue weighted by molar-refractivity contribution is 5.74. The van der Waals surface area contributed by atoms with E-state index < -0.39 is 0 Å². The molecule has 3 rings (SSSR count). The van der Waals surface area contributed by atoms with Crippen LogP contribution >= 0.6 is 0 Å². The lowest BCUT2D eigenvalue weighted by Gasteiger charge is -2.12. The van der Waals surface area contributed by atoms with Gasteiger partial charge in [0, 0.05) is 24.6 Å². The van der Waals surface area contributed by atoms with Gasteiger partial charge in [-0.15, -0.1) is 0 Å². The zero-order valence-corrected chi connectivity index (χ0v) is 14.0. The topological polar surface area (TPSA) is 80.0 Å². The molecule has 1 saturated carbocycles. The van der Waals surface area contributed by atoms with E-state index in [1.54, 1.807) is 0 Å². The van der Waals surface area contributed by atoms with Gasteiger partial charge in [-0.2, -0.15) is 4.98 Å². The molecule has 1 aromatic heterocycles. The van der Waals surface area contributed by atoms with Gasteiger partial charge in [-0.1, -0.05) is 37.1 Å². The van der Waals surface area contributed by atoms with Crippen LogP contribution in [0.15, 0.2) is 28.8 Å². The minimum atomic E-state index is -0.0588. The second kappa shape index (κ2) is 7.95. The van der Waals surface area contributed by atoms with Gasteiger partial charge < -0.3 is 15.2 Å². The molecule has 1 aromatic carbocycles. The van der Waals surface area contributed by atoms with E-state index in [4.69, 9.17) is 4.52 Å². The Labute approximate surface area is 142 Å². The van der Waals surface area contributed by atoms with Crippen molar-refractivity contribution in [2.24, 2.45) is 0 Å². The molecule has 0 spiro atoms. The van der Waals surface area contributed by atoms with Gasteiger partial charge in [-0.3, -0.25) is 0 Å². The van der Waals surface area contributed by atoms with Crippen LogP contribution in [0.5, 0.6) is 0 Å². The SMILES string of the molecule is CCc1noc(-c2ccc(CCNC(=O)NC3CCCC3)cc2)n1. The maximum Gasteiger partial charge on any atom is 0.315 e. The van der Waals surface area contributed by atoms with Crippen molar-refractivity contribution in [2.45, 2.75) is 51.5 Å². The average Bonchev–Trinajstić information content (AvgIpc) is 3.27. The van der Waals surface area contributed by atoms with Gasteiger partial charge >= 0.3 is 6.03 Å². The van der Waals surface area contributed by atoms with Crippen molar-refractivity contribution in [3.05, 3.63) is 35.7 Å². The molecule has 0 bridgehead atoms. The molecule has 2 N–H and O–H groups in total. The molecule has 1 heterocycles. The van der Waals surface area contributed by atoms with E-state index in [0.717, 1.165) is 36.8 Å². The van der Waals surface area contributed by atoms with Crippen LogP contribution in [0.3, 0.4) is 0 Å². The van der Waals surface area contributed by atoms with E-state index in [9.17, 15) is 4.79 Å². The van der Waals surface area contributed by atoms with Crippen LogP contribution in [0.2, 0.25) is 0 Å². The molecule has 24 heavy (non-hydrogen) atoms. The van der Waals surface area contributed by atoms with Gasteiger partial charge in [0.05, 0.1) is 0 Å². The van der Waals surface area contributed by atoms with E-state index >= 15 is 0 Å². The van der Waals surface area contributed by atoms with Crippen LogP contribution in [0.25, 0.3) is 11.5 Å². The molecule has 1 aliphatic carbocycles. The van der Waals surface area contributed by atoms with Gasteiger partial charge in [-0.05, 0) is 37.0 Å². The highest BCUT2D eigenvalue weighted by Gasteiger charge is 2.16. The lowest BCUT2D eigenvalue weighted by atomic mass is 10.1. The molecule has 0 unspecified atom stereocenters. The number of rotatable bonds is 6. The van der Waals surface area contributed by atoms with Gasteiger partial charge in [0.15, 0.2) is 5.82 Å². The number of nitrogens with zero attached hydrogens (tertiary/aromatic N) is 2. The molecular weight excluding hydrogens is 304 g/mol. The fourth-order valence-electron chi connectivity index (χ4n) is 2.96. The van der Waals surface area contributed by atoms with Gasteiger partial charge in [0.2, 0.25) is 0 Å². The third-order valence-corrected chi connectivity index (χ3v) is 4.37. The number of urea groups is 1. The fraction of sp³-hybridized carbons (Fsp3) is 0.500. The summed E-state index contributed by atoms with van der Waals surface area (Å²) < 4.78 is 5.23. The van der Waals surface area contributed by atoms with E-state index in [2.05, 4.69) is 20.8 Å². The predicted octanol–water partition coefficient (Wildman–Crippen LogP) is 3.08. The van der Waals surface area contributed by atoms with Crippen molar-refractivity contribution in [1.82, 2.24) is 20.8 Å². The number of amides is 2. The Bertz CT molecular complexity index is 660. The van der Waals surface area contributed by atoms with Gasteiger partial charge in [-0.25, -0.2) is 4.79 Å². The maximum absolute atomic E-state index is 11.8. The summed E-state index contributed by atoms with van der Waals surface area (Å²) in [6, 6.07) is 8.30. The summed E-state index contributed by atoms with van der Waals surface area (Å²) in [4.78, 5) is 16.1. The molecule has 0 radical (unpaired) electrons. The van der Waals surface area contributed by atoms with Crippen molar-refractivity contribution in [1.29, 1.82) is 0 Å². The van der Waals surface area contributed by atoms with Crippen molar-refractivity contribution in [3.8, 4) is 11.5 Å². The number of benzene rings is 1. The third-order valence-electron chi connectivity index (χ3n) is 4.37. The van der Waals surface area contributed by atoms with Gasteiger partial charge in [0.1, 0.15) is 0 Å². The minimum Gasteiger partial charge on any atom is -0.338 e. The Morgan fingerprint density at radius 1 is 1.25 bits per heavy atom. The van der Waals surface area contributed by atoms with Crippen LogP contribution in [-0.4, -0.2) is 28.8 Å². The molecule has 6 heteroatoms. The van der Waals surface area contributed by atoms with Crippen LogP contribution < -0.4 is 10.6 Å². The summed E-state index contributed by atoms with van der Waals surface area (Å²) in [7, 11) is 0. The largest absolute Gasteiger partial charge is 0.338 e. The molecule has 0 saturated heterocycles. The third kappa shape index (κ3) is 4.34. The van der Waals surface area contributed by atoms with Crippen LogP contribution in [0.4, 0.5) is 4.79 Å². The van der Waals surface area contributed by atoms with Crippen LogP contribution in [-0.2, 0) is 12.8 Å². The summed E-state index contributed by atoms with van der Waals surface area (Å²) in [5.74, 6) is 1.26. The Kier molecular flexibility index (Phi) is 5.46. The summed E-state index contributed by atoms with van der Waals surface area (Å²) in [6.45, 7) is 2.62. The Morgan fingerprint density at radius 2 is 2.00 bits per heavy atom. The van der Waals surface area contributed by atoms with Crippen LogP contribution in [0.1, 0.15) is 44.0 Å². The number of nitrogens with one attached hydrogen (secondary N) is 2. The summed E-state index contributed by atoms with van der Waals surface area (Å²) in [5.41, 5.74) is 2.08. The first-order valence-electron chi connectivity index (χ1n) is 8.71. The summed E-state index contributed by atoms with van der Waals surface area (Å²) >= 11 is 0. The number of aryl methyl sites for hydroxylation is 1. The van der Waals surface area contributed by atoms with E-state index in [1.165, 1.54) is 12.8 Å². The zero-order chi connectivity index (χ0) is 16.8. The number of aromatic nitrogens is 2. The highest BCUT2D eigenvalue weighted by atomic mass is 16.5. The first-order valence-corrected chi connectivity index (χ1v) is 8.71. The maximum atomic E-state index is 11.8. The Balaban J connectivity index is 1.45. The van der Waals surface area contributed by atoms with E-state index in [0.29, 0.717) is 24.3 Å². The smallest absolute Gasteiger partial charge is 0.315 e. The molecule has 1 aliphatic rings. The zero-order valence-electron chi connectivity index (χ0n) is 14.0. The number of carbonyl (C=O) groups excluding carboxylic acids is 1. The average molecular weight is 328 g/mol. The van der Waals surface area contributed by atoms with E-state index in [1.807, 2.05) is 31.2 Å². The second-order valence-corrected chi connectivity index (χ2v) is 6.20. The van der Waals surface area contributed by atoms with Crippen molar-refractivity contribution in [3.63, 3.8) is 0 Å². The first-order chi connectivity index (χ1) is 11.7. The van der Waals surface area contributed by atoms with Crippen molar-refractivity contribution in [2.75, 3.05) is 6.54 Å². The second-order valence-electron chi connectivity index (χ2n) is 6.20. The van der Waals surface area contributed by atoms with Gasteiger partial charge in [0.25, 0.3) is 5.89 Å². The van der Waals surface area contributed by atoms with Crippen molar-refractivity contribution >= 4 is 6.03 Å². The lowest BCUT2D eigenvalue weighted by molar-refractivity contribution is 0.237. The molecule has 1 fully saturated rings.